The maximum absolute atomic E-state index is 12.2. The van der Waals surface area contributed by atoms with E-state index in [-0.39, 0.29) is 16.7 Å². The first-order chi connectivity index (χ1) is 8.88. The monoisotopic (exact) mass is 283 g/mol. The van der Waals surface area contributed by atoms with E-state index in [0.717, 1.165) is 19.3 Å². The summed E-state index contributed by atoms with van der Waals surface area (Å²) in [6.07, 6.45) is 2.80. The van der Waals surface area contributed by atoms with Crippen molar-refractivity contribution >= 4 is 10.0 Å². The van der Waals surface area contributed by atoms with Gasteiger partial charge in [0, 0.05) is 6.04 Å². The molecular formula is C14H21NO3S. The van der Waals surface area contributed by atoms with Crippen molar-refractivity contribution in [2.24, 2.45) is 11.8 Å². The predicted molar refractivity (Wildman–Crippen MR) is 74.4 cm³/mol. The van der Waals surface area contributed by atoms with Crippen LogP contribution in [0.5, 0.6) is 5.75 Å². The molecule has 1 aliphatic rings. The third-order valence-corrected chi connectivity index (χ3v) is 5.57. The van der Waals surface area contributed by atoms with Gasteiger partial charge in [0.2, 0.25) is 10.0 Å². The molecule has 0 aromatic heterocycles. The second kappa shape index (κ2) is 5.51. The number of sulfonamides is 1. The number of nitrogens with one attached hydrogen (secondary N) is 1. The first-order valence-electron chi connectivity index (χ1n) is 6.70. The minimum Gasteiger partial charge on any atom is -0.508 e. The lowest BCUT2D eigenvalue weighted by atomic mass is 9.79. The Morgan fingerprint density at radius 3 is 2.58 bits per heavy atom. The number of rotatable bonds is 3. The second-order valence-corrected chi connectivity index (χ2v) is 7.30. The molecule has 0 heterocycles. The molecule has 5 heteroatoms. The number of hydrogen-bond acceptors (Lipinski definition) is 3. The Hall–Kier alpha value is -1.07. The highest BCUT2D eigenvalue weighted by molar-refractivity contribution is 7.89. The van der Waals surface area contributed by atoms with Crippen LogP contribution >= 0.6 is 0 Å². The molecule has 3 unspecified atom stereocenters. The molecule has 4 nitrogen and oxygen atoms in total. The quantitative estimate of drug-likeness (QED) is 0.895. The van der Waals surface area contributed by atoms with Crippen molar-refractivity contribution < 1.29 is 13.5 Å². The molecule has 0 bridgehead atoms. The standard InChI is InChI=1S/C14H21NO3S/c1-10-6-7-12(8-11(10)2)15-19(17,18)14-5-3-4-13(16)9-14/h3-5,9-12,15-16H,6-8H2,1-2H3. The van der Waals surface area contributed by atoms with Crippen molar-refractivity contribution in [3.05, 3.63) is 24.3 Å². The second-order valence-electron chi connectivity index (χ2n) is 5.58. The number of hydrogen-bond donors (Lipinski definition) is 2. The summed E-state index contributed by atoms with van der Waals surface area (Å²) >= 11 is 0. The van der Waals surface area contributed by atoms with Crippen LogP contribution in [0.2, 0.25) is 0 Å². The van der Waals surface area contributed by atoms with Crippen molar-refractivity contribution in [2.45, 2.75) is 44.0 Å². The zero-order valence-corrected chi connectivity index (χ0v) is 12.2. The molecule has 0 amide bonds. The Labute approximate surface area is 114 Å². The van der Waals surface area contributed by atoms with E-state index in [1.165, 1.54) is 24.3 Å². The fraction of sp³-hybridized carbons (Fsp3) is 0.571. The first kappa shape index (κ1) is 14.3. The van der Waals surface area contributed by atoms with Gasteiger partial charge in [-0.3, -0.25) is 0 Å². The van der Waals surface area contributed by atoms with Crippen LogP contribution in [0.1, 0.15) is 33.1 Å². The third kappa shape index (κ3) is 3.48. The molecule has 1 aromatic rings. The van der Waals surface area contributed by atoms with Crippen molar-refractivity contribution in [3.63, 3.8) is 0 Å². The van der Waals surface area contributed by atoms with Gasteiger partial charge in [0.15, 0.2) is 0 Å². The molecule has 1 saturated carbocycles. The van der Waals surface area contributed by atoms with Gasteiger partial charge in [-0.15, -0.1) is 0 Å². The summed E-state index contributed by atoms with van der Waals surface area (Å²) in [5.41, 5.74) is 0. The molecular weight excluding hydrogens is 262 g/mol. The Balaban J connectivity index is 2.10. The van der Waals surface area contributed by atoms with Crippen LogP contribution in [0, 0.1) is 11.8 Å². The third-order valence-electron chi connectivity index (χ3n) is 4.05. The van der Waals surface area contributed by atoms with E-state index in [1.807, 2.05) is 0 Å². The molecule has 106 valence electrons. The summed E-state index contributed by atoms with van der Waals surface area (Å²) in [6.45, 7) is 4.38. The van der Waals surface area contributed by atoms with Gasteiger partial charge < -0.3 is 5.11 Å². The molecule has 19 heavy (non-hydrogen) atoms. The van der Waals surface area contributed by atoms with Crippen LogP contribution in [0.25, 0.3) is 0 Å². The molecule has 2 rings (SSSR count). The summed E-state index contributed by atoms with van der Waals surface area (Å²) in [6, 6.07) is 5.77. The van der Waals surface area contributed by atoms with Gasteiger partial charge in [-0.25, -0.2) is 13.1 Å². The van der Waals surface area contributed by atoms with E-state index in [9.17, 15) is 13.5 Å². The lowest BCUT2D eigenvalue weighted by molar-refractivity contribution is 0.242. The highest BCUT2D eigenvalue weighted by atomic mass is 32.2. The van der Waals surface area contributed by atoms with Gasteiger partial charge in [0.1, 0.15) is 5.75 Å². The Morgan fingerprint density at radius 2 is 1.95 bits per heavy atom. The van der Waals surface area contributed by atoms with E-state index >= 15 is 0 Å². The lowest BCUT2D eigenvalue weighted by Gasteiger charge is -2.32. The number of phenolic OH excluding ortho intramolecular Hbond substituents is 1. The fourth-order valence-corrected chi connectivity index (χ4v) is 3.92. The van der Waals surface area contributed by atoms with Crippen LogP contribution in [0.15, 0.2) is 29.2 Å². The molecule has 0 radical (unpaired) electrons. The van der Waals surface area contributed by atoms with E-state index in [2.05, 4.69) is 18.6 Å². The van der Waals surface area contributed by atoms with Gasteiger partial charge in [-0.2, -0.15) is 0 Å². The summed E-state index contributed by atoms with van der Waals surface area (Å²) < 4.78 is 27.2. The molecule has 0 spiro atoms. The van der Waals surface area contributed by atoms with E-state index in [0.29, 0.717) is 11.8 Å². The number of phenols is 1. The van der Waals surface area contributed by atoms with Crippen LogP contribution < -0.4 is 4.72 Å². The highest BCUT2D eigenvalue weighted by Gasteiger charge is 2.28. The van der Waals surface area contributed by atoms with E-state index < -0.39 is 10.0 Å². The van der Waals surface area contributed by atoms with Gasteiger partial charge in [0.05, 0.1) is 4.90 Å². The minimum absolute atomic E-state index is 0.00134. The highest BCUT2D eigenvalue weighted by Crippen LogP contribution is 2.30. The molecule has 1 fully saturated rings. The van der Waals surface area contributed by atoms with Crippen LogP contribution in [0.4, 0.5) is 0 Å². The number of benzene rings is 1. The summed E-state index contributed by atoms with van der Waals surface area (Å²) in [5.74, 6) is 1.15. The van der Waals surface area contributed by atoms with Crippen LogP contribution in [-0.4, -0.2) is 19.6 Å². The van der Waals surface area contributed by atoms with Crippen molar-refractivity contribution in [2.75, 3.05) is 0 Å². The zero-order chi connectivity index (χ0) is 14.0. The maximum atomic E-state index is 12.2. The normalized spacial score (nSPS) is 28.2. The predicted octanol–water partition coefficient (Wildman–Crippen LogP) is 2.50. The van der Waals surface area contributed by atoms with Crippen molar-refractivity contribution in [3.8, 4) is 5.75 Å². The molecule has 0 aliphatic heterocycles. The van der Waals surface area contributed by atoms with Gasteiger partial charge in [-0.1, -0.05) is 19.9 Å². The average Bonchev–Trinajstić information content (AvgIpc) is 2.33. The van der Waals surface area contributed by atoms with Gasteiger partial charge in [-0.05, 0) is 49.3 Å². The van der Waals surface area contributed by atoms with Crippen LogP contribution in [0.3, 0.4) is 0 Å². The van der Waals surface area contributed by atoms with Crippen molar-refractivity contribution in [1.82, 2.24) is 4.72 Å². The largest absolute Gasteiger partial charge is 0.508 e. The summed E-state index contributed by atoms with van der Waals surface area (Å²) in [4.78, 5) is 0.124. The van der Waals surface area contributed by atoms with Gasteiger partial charge in [0.25, 0.3) is 0 Å². The van der Waals surface area contributed by atoms with E-state index in [4.69, 9.17) is 0 Å². The molecule has 2 N–H and O–H groups in total. The maximum Gasteiger partial charge on any atom is 0.240 e. The first-order valence-corrected chi connectivity index (χ1v) is 8.18. The number of aromatic hydroxyl groups is 1. The van der Waals surface area contributed by atoms with Crippen molar-refractivity contribution in [1.29, 1.82) is 0 Å². The molecule has 1 aliphatic carbocycles. The topological polar surface area (TPSA) is 66.4 Å². The Kier molecular flexibility index (Phi) is 4.16. The van der Waals surface area contributed by atoms with Gasteiger partial charge >= 0.3 is 0 Å². The molecule has 0 saturated heterocycles. The molecule has 3 atom stereocenters. The Bertz CT molecular complexity index is 541. The lowest BCUT2D eigenvalue weighted by Crippen LogP contribution is -2.39. The smallest absolute Gasteiger partial charge is 0.240 e. The minimum atomic E-state index is -3.53. The molecule has 1 aromatic carbocycles. The van der Waals surface area contributed by atoms with E-state index in [1.54, 1.807) is 0 Å². The summed E-state index contributed by atoms with van der Waals surface area (Å²) in [7, 11) is -3.53. The summed E-state index contributed by atoms with van der Waals surface area (Å²) in [5, 5.41) is 9.37. The van der Waals surface area contributed by atoms with Crippen LogP contribution in [-0.2, 0) is 10.0 Å². The zero-order valence-electron chi connectivity index (χ0n) is 11.3. The average molecular weight is 283 g/mol. The Morgan fingerprint density at radius 1 is 1.21 bits per heavy atom. The SMILES string of the molecule is CC1CCC(NS(=O)(=O)c2cccc(O)c2)CC1C. The fourth-order valence-electron chi connectivity index (χ4n) is 2.59.